The molecule has 0 spiro atoms. The standard InChI is InChI=1S/C16H16F2N2O/c1-20(11-13-5-3-7-15(18)9-13)16(21)19-10-12-4-2-6-14(17)8-12/h2-9H,10-11H2,1H3,(H,19,21). The molecule has 2 aromatic rings. The Kier molecular flexibility index (Phi) is 4.87. The highest BCUT2D eigenvalue weighted by molar-refractivity contribution is 5.73. The van der Waals surface area contributed by atoms with Crippen LogP contribution in [-0.4, -0.2) is 18.0 Å². The smallest absolute Gasteiger partial charge is 0.317 e. The van der Waals surface area contributed by atoms with Crippen molar-refractivity contribution in [2.75, 3.05) is 7.05 Å². The van der Waals surface area contributed by atoms with Crippen molar-refractivity contribution in [2.45, 2.75) is 13.1 Å². The SMILES string of the molecule is CN(Cc1cccc(F)c1)C(=O)NCc1cccc(F)c1. The van der Waals surface area contributed by atoms with Crippen LogP contribution in [0.25, 0.3) is 0 Å². The van der Waals surface area contributed by atoms with E-state index >= 15 is 0 Å². The predicted molar refractivity (Wildman–Crippen MR) is 76.5 cm³/mol. The molecule has 3 nitrogen and oxygen atoms in total. The lowest BCUT2D eigenvalue weighted by atomic mass is 10.2. The molecule has 0 aliphatic rings. The number of carbonyl (C=O) groups excluding carboxylic acids is 1. The molecule has 0 aliphatic heterocycles. The number of rotatable bonds is 4. The van der Waals surface area contributed by atoms with Gasteiger partial charge < -0.3 is 10.2 Å². The molecule has 21 heavy (non-hydrogen) atoms. The van der Waals surface area contributed by atoms with Gasteiger partial charge in [0.2, 0.25) is 0 Å². The monoisotopic (exact) mass is 290 g/mol. The average molecular weight is 290 g/mol. The number of hydrogen-bond donors (Lipinski definition) is 1. The number of benzene rings is 2. The van der Waals surface area contributed by atoms with E-state index in [-0.39, 0.29) is 24.2 Å². The van der Waals surface area contributed by atoms with Crippen LogP contribution in [0.2, 0.25) is 0 Å². The van der Waals surface area contributed by atoms with Crippen LogP contribution < -0.4 is 5.32 Å². The highest BCUT2D eigenvalue weighted by Crippen LogP contribution is 2.07. The third-order valence-electron chi connectivity index (χ3n) is 2.99. The van der Waals surface area contributed by atoms with E-state index in [9.17, 15) is 13.6 Å². The Balaban J connectivity index is 1.88. The largest absolute Gasteiger partial charge is 0.334 e. The third kappa shape index (κ3) is 4.56. The van der Waals surface area contributed by atoms with E-state index in [1.165, 1.54) is 29.2 Å². The zero-order valence-corrected chi connectivity index (χ0v) is 11.6. The first kappa shape index (κ1) is 15.0. The molecular formula is C16H16F2N2O. The van der Waals surface area contributed by atoms with E-state index in [0.717, 1.165) is 0 Å². The maximum atomic E-state index is 13.1. The molecule has 110 valence electrons. The lowest BCUT2D eigenvalue weighted by Gasteiger charge is -2.18. The molecule has 2 aromatic carbocycles. The quantitative estimate of drug-likeness (QED) is 0.920. The van der Waals surface area contributed by atoms with E-state index in [1.54, 1.807) is 31.3 Å². The van der Waals surface area contributed by atoms with Gasteiger partial charge in [0.15, 0.2) is 0 Å². The summed E-state index contributed by atoms with van der Waals surface area (Å²) in [5.41, 5.74) is 1.39. The molecule has 0 aromatic heterocycles. The number of halogens is 2. The fourth-order valence-corrected chi connectivity index (χ4v) is 1.94. The van der Waals surface area contributed by atoms with Crippen molar-refractivity contribution < 1.29 is 13.6 Å². The predicted octanol–water partition coefficient (Wildman–Crippen LogP) is 3.31. The summed E-state index contributed by atoms with van der Waals surface area (Å²) in [7, 11) is 1.62. The van der Waals surface area contributed by atoms with Gasteiger partial charge in [0, 0.05) is 20.1 Å². The summed E-state index contributed by atoms with van der Waals surface area (Å²) in [5, 5.41) is 2.69. The highest BCUT2D eigenvalue weighted by atomic mass is 19.1. The minimum Gasteiger partial charge on any atom is -0.334 e. The van der Waals surface area contributed by atoms with Crippen molar-refractivity contribution in [3.05, 3.63) is 71.3 Å². The summed E-state index contributed by atoms with van der Waals surface area (Å²) >= 11 is 0. The number of urea groups is 1. The van der Waals surface area contributed by atoms with Crippen molar-refractivity contribution in [3.63, 3.8) is 0 Å². The van der Waals surface area contributed by atoms with Crippen LogP contribution in [0.1, 0.15) is 11.1 Å². The van der Waals surface area contributed by atoms with Crippen molar-refractivity contribution >= 4 is 6.03 Å². The maximum Gasteiger partial charge on any atom is 0.317 e. The highest BCUT2D eigenvalue weighted by Gasteiger charge is 2.09. The lowest BCUT2D eigenvalue weighted by molar-refractivity contribution is 0.206. The van der Waals surface area contributed by atoms with Crippen LogP contribution in [0.5, 0.6) is 0 Å². The molecule has 5 heteroatoms. The van der Waals surface area contributed by atoms with Crippen molar-refractivity contribution in [3.8, 4) is 0 Å². The molecule has 2 rings (SSSR count). The Morgan fingerprint density at radius 1 is 1.05 bits per heavy atom. The van der Waals surface area contributed by atoms with Gasteiger partial charge in [0.1, 0.15) is 11.6 Å². The molecule has 0 saturated heterocycles. The van der Waals surface area contributed by atoms with Gasteiger partial charge in [0.25, 0.3) is 0 Å². The minimum absolute atomic E-state index is 0.240. The van der Waals surface area contributed by atoms with E-state index in [1.807, 2.05) is 0 Å². The summed E-state index contributed by atoms with van der Waals surface area (Å²) in [6.45, 7) is 0.539. The second-order valence-corrected chi connectivity index (χ2v) is 4.77. The van der Waals surface area contributed by atoms with Crippen molar-refractivity contribution in [2.24, 2.45) is 0 Å². The maximum absolute atomic E-state index is 13.1. The first-order chi connectivity index (χ1) is 10.0. The summed E-state index contributed by atoms with van der Waals surface area (Å²) < 4.78 is 26.1. The number of hydrogen-bond acceptors (Lipinski definition) is 1. The molecule has 0 aliphatic carbocycles. The molecule has 0 unspecified atom stereocenters. The summed E-state index contributed by atoms with van der Waals surface area (Å²) in [6.07, 6.45) is 0. The second kappa shape index (κ2) is 6.83. The molecule has 0 bridgehead atoms. The van der Waals surface area contributed by atoms with Gasteiger partial charge in [-0.05, 0) is 35.4 Å². The number of carbonyl (C=O) groups is 1. The molecule has 2 amide bonds. The van der Waals surface area contributed by atoms with Gasteiger partial charge >= 0.3 is 6.03 Å². The fraction of sp³-hybridized carbons (Fsp3) is 0.188. The van der Waals surface area contributed by atoms with Gasteiger partial charge in [-0.15, -0.1) is 0 Å². The Morgan fingerprint density at radius 2 is 1.62 bits per heavy atom. The first-order valence-electron chi connectivity index (χ1n) is 6.52. The Bertz CT molecular complexity index is 631. The normalized spacial score (nSPS) is 10.2. The number of amides is 2. The van der Waals surface area contributed by atoms with E-state index in [4.69, 9.17) is 0 Å². The van der Waals surface area contributed by atoms with Crippen LogP contribution in [-0.2, 0) is 13.1 Å². The van der Waals surface area contributed by atoms with Crippen LogP contribution in [0.3, 0.4) is 0 Å². The van der Waals surface area contributed by atoms with Gasteiger partial charge in [0.05, 0.1) is 0 Å². The van der Waals surface area contributed by atoms with Crippen molar-refractivity contribution in [1.29, 1.82) is 0 Å². The number of nitrogens with one attached hydrogen (secondary N) is 1. The van der Waals surface area contributed by atoms with E-state index in [2.05, 4.69) is 5.32 Å². The zero-order valence-electron chi connectivity index (χ0n) is 11.6. The third-order valence-corrected chi connectivity index (χ3v) is 2.99. The van der Waals surface area contributed by atoms with Crippen LogP contribution in [0, 0.1) is 11.6 Å². The summed E-state index contributed by atoms with van der Waals surface area (Å²) in [5.74, 6) is -0.670. The van der Waals surface area contributed by atoms with Gasteiger partial charge in [-0.1, -0.05) is 24.3 Å². The van der Waals surface area contributed by atoms with Gasteiger partial charge in [-0.2, -0.15) is 0 Å². The molecule has 1 N–H and O–H groups in total. The molecular weight excluding hydrogens is 274 g/mol. The van der Waals surface area contributed by atoms with E-state index < -0.39 is 0 Å². The van der Waals surface area contributed by atoms with Crippen LogP contribution in [0.15, 0.2) is 48.5 Å². The van der Waals surface area contributed by atoms with Crippen molar-refractivity contribution in [1.82, 2.24) is 10.2 Å². The van der Waals surface area contributed by atoms with Crippen LogP contribution >= 0.6 is 0 Å². The average Bonchev–Trinajstić information content (AvgIpc) is 2.45. The molecule has 0 saturated carbocycles. The fourth-order valence-electron chi connectivity index (χ4n) is 1.94. The summed E-state index contributed by atoms with van der Waals surface area (Å²) in [4.78, 5) is 13.4. The Hall–Kier alpha value is -2.43. The lowest BCUT2D eigenvalue weighted by Crippen LogP contribution is -2.36. The molecule has 0 fully saturated rings. The molecule has 0 radical (unpaired) electrons. The van der Waals surface area contributed by atoms with Gasteiger partial charge in [-0.3, -0.25) is 0 Å². The molecule has 0 atom stereocenters. The van der Waals surface area contributed by atoms with E-state index in [0.29, 0.717) is 17.7 Å². The molecule has 0 heterocycles. The zero-order chi connectivity index (χ0) is 15.2. The second-order valence-electron chi connectivity index (χ2n) is 4.77. The first-order valence-corrected chi connectivity index (χ1v) is 6.52. The van der Waals surface area contributed by atoms with Crippen LogP contribution in [0.4, 0.5) is 13.6 Å². The Labute approximate surface area is 122 Å². The minimum atomic E-state index is -0.338. The summed E-state index contributed by atoms with van der Waals surface area (Å²) in [6, 6.07) is 11.8. The Morgan fingerprint density at radius 3 is 2.24 bits per heavy atom. The van der Waals surface area contributed by atoms with Gasteiger partial charge in [-0.25, -0.2) is 13.6 Å². The topological polar surface area (TPSA) is 32.3 Å². The number of nitrogens with zero attached hydrogens (tertiary/aromatic N) is 1.